The Morgan fingerprint density at radius 1 is 1.31 bits per heavy atom. The molecule has 1 N–H and O–H groups in total. The van der Waals surface area contributed by atoms with Crippen molar-refractivity contribution in [2.75, 3.05) is 0 Å². The van der Waals surface area contributed by atoms with Gasteiger partial charge in [0.05, 0.1) is 6.54 Å². The van der Waals surface area contributed by atoms with Gasteiger partial charge in [-0.2, -0.15) is 5.10 Å². The summed E-state index contributed by atoms with van der Waals surface area (Å²) < 4.78 is 1.93. The Kier molecular flexibility index (Phi) is 3.66. The van der Waals surface area contributed by atoms with Crippen molar-refractivity contribution in [2.24, 2.45) is 0 Å². The van der Waals surface area contributed by atoms with E-state index in [1.807, 2.05) is 41.5 Å². The molecule has 0 aromatic carbocycles. The SMILES string of the molecule is C[C@H](Cn1cccn1)NCc1ccncc1. The van der Waals surface area contributed by atoms with Gasteiger partial charge in [-0.1, -0.05) is 0 Å². The summed E-state index contributed by atoms with van der Waals surface area (Å²) in [5, 5.41) is 7.63. The second kappa shape index (κ2) is 5.42. The van der Waals surface area contributed by atoms with Gasteiger partial charge in [0.25, 0.3) is 0 Å². The number of nitrogens with one attached hydrogen (secondary N) is 1. The van der Waals surface area contributed by atoms with Gasteiger partial charge in [0.2, 0.25) is 0 Å². The summed E-state index contributed by atoms with van der Waals surface area (Å²) >= 11 is 0. The fraction of sp³-hybridized carbons (Fsp3) is 0.333. The van der Waals surface area contributed by atoms with Gasteiger partial charge >= 0.3 is 0 Å². The maximum absolute atomic E-state index is 4.18. The summed E-state index contributed by atoms with van der Waals surface area (Å²) in [7, 11) is 0. The lowest BCUT2D eigenvalue weighted by molar-refractivity contribution is 0.451. The molecule has 0 aliphatic carbocycles. The first kappa shape index (κ1) is 10.8. The maximum Gasteiger partial charge on any atom is 0.0560 e. The minimum atomic E-state index is 0.396. The molecular weight excluding hydrogens is 200 g/mol. The highest BCUT2D eigenvalue weighted by Gasteiger charge is 2.02. The van der Waals surface area contributed by atoms with E-state index in [0.717, 1.165) is 13.1 Å². The van der Waals surface area contributed by atoms with Crippen LogP contribution in [0.15, 0.2) is 43.0 Å². The maximum atomic E-state index is 4.18. The average molecular weight is 216 g/mol. The molecule has 1 atom stereocenters. The van der Waals surface area contributed by atoms with Crippen LogP contribution >= 0.6 is 0 Å². The van der Waals surface area contributed by atoms with Crippen LogP contribution in [0.4, 0.5) is 0 Å². The highest BCUT2D eigenvalue weighted by atomic mass is 15.3. The molecule has 0 amide bonds. The summed E-state index contributed by atoms with van der Waals surface area (Å²) in [4.78, 5) is 3.99. The van der Waals surface area contributed by atoms with E-state index >= 15 is 0 Å². The van der Waals surface area contributed by atoms with E-state index in [0.29, 0.717) is 6.04 Å². The van der Waals surface area contributed by atoms with E-state index in [9.17, 15) is 0 Å². The van der Waals surface area contributed by atoms with Crippen molar-refractivity contribution in [1.82, 2.24) is 20.1 Å². The standard InChI is InChI=1S/C12H16N4/c1-11(10-16-8-2-5-15-16)14-9-12-3-6-13-7-4-12/h2-8,11,14H,9-10H2,1H3/t11-/m1/s1. The highest BCUT2D eigenvalue weighted by molar-refractivity contribution is 5.09. The van der Waals surface area contributed by atoms with Crippen molar-refractivity contribution in [3.05, 3.63) is 48.5 Å². The summed E-state index contributed by atoms with van der Waals surface area (Å²) in [5.74, 6) is 0. The number of hydrogen-bond donors (Lipinski definition) is 1. The van der Waals surface area contributed by atoms with Crippen LogP contribution in [0.2, 0.25) is 0 Å². The summed E-state index contributed by atoms with van der Waals surface area (Å²) in [6.07, 6.45) is 7.41. The second-order valence-corrected chi connectivity index (χ2v) is 3.87. The Bertz CT molecular complexity index is 396. The molecule has 0 saturated heterocycles. The second-order valence-electron chi connectivity index (χ2n) is 3.87. The lowest BCUT2D eigenvalue weighted by Gasteiger charge is -2.13. The van der Waals surface area contributed by atoms with E-state index in [1.54, 1.807) is 6.20 Å². The van der Waals surface area contributed by atoms with Gasteiger partial charge in [0.15, 0.2) is 0 Å². The van der Waals surface area contributed by atoms with Crippen molar-refractivity contribution >= 4 is 0 Å². The normalized spacial score (nSPS) is 12.6. The van der Waals surface area contributed by atoms with Gasteiger partial charge < -0.3 is 5.32 Å². The molecule has 84 valence electrons. The van der Waals surface area contributed by atoms with Crippen molar-refractivity contribution < 1.29 is 0 Å². The monoisotopic (exact) mass is 216 g/mol. The number of pyridine rings is 1. The molecule has 2 aromatic heterocycles. The van der Waals surface area contributed by atoms with E-state index < -0.39 is 0 Å². The topological polar surface area (TPSA) is 42.7 Å². The number of aromatic nitrogens is 3. The number of hydrogen-bond acceptors (Lipinski definition) is 3. The summed E-state index contributed by atoms with van der Waals surface area (Å²) in [6.45, 7) is 3.91. The Balaban J connectivity index is 1.78. The van der Waals surface area contributed by atoms with Gasteiger partial charge in [0.1, 0.15) is 0 Å². The van der Waals surface area contributed by atoms with Crippen LogP contribution in [-0.4, -0.2) is 20.8 Å². The van der Waals surface area contributed by atoms with E-state index in [4.69, 9.17) is 0 Å². The van der Waals surface area contributed by atoms with Crippen molar-refractivity contribution in [3.8, 4) is 0 Å². The molecule has 16 heavy (non-hydrogen) atoms. The third kappa shape index (κ3) is 3.17. The van der Waals surface area contributed by atoms with Crippen LogP contribution in [0, 0.1) is 0 Å². The molecule has 0 fully saturated rings. The third-order valence-electron chi connectivity index (χ3n) is 2.42. The molecule has 2 aromatic rings. The quantitative estimate of drug-likeness (QED) is 0.822. The zero-order chi connectivity index (χ0) is 11.2. The molecule has 0 saturated carbocycles. The summed E-state index contributed by atoms with van der Waals surface area (Å²) in [5.41, 5.74) is 1.25. The fourth-order valence-corrected chi connectivity index (χ4v) is 1.55. The Morgan fingerprint density at radius 2 is 2.12 bits per heavy atom. The number of nitrogens with zero attached hydrogens (tertiary/aromatic N) is 3. The lowest BCUT2D eigenvalue weighted by Crippen LogP contribution is -2.30. The smallest absolute Gasteiger partial charge is 0.0560 e. The van der Waals surface area contributed by atoms with E-state index in [1.165, 1.54) is 5.56 Å². The van der Waals surface area contributed by atoms with Crippen LogP contribution in [0.3, 0.4) is 0 Å². The Labute approximate surface area is 95.3 Å². The van der Waals surface area contributed by atoms with Gasteiger partial charge in [-0.15, -0.1) is 0 Å². The molecule has 2 rings (SSSR count). The zero-order valence-corrected chi connectivity index (χ0v) is 9.37. The Morgan fingerprint density at radius 3 is 2.81 bits per heavy atom. The van der Waals surface area contributed by atoms with E-state index in [2.05, 4.69) is 22.3 Å². The molecule has 0 aliphatic rings. The molecular formula is C12H16N4. The van der Waals surface area contributed by atoms with Crippen LogP contribution in [0.25, 0.3) is 0 Å². The minimum Gasteiger partial charge on any atom is -0.308 e. The van der Waals surface area contributed by atoms with Crippen molar-refractivity contribution in [1.29, 1.82) is 0 Å². The molecule has 0 unspecified atom stereocenters. The van der Waals surface area contributed by atoms with Crippen LogP contribution < -0.4 is 5.32 Å². The van der Waals surface area contributed by atoms with Gasteiger partial charge in [-0.25, -0.2) is 0 Å². The fourth-order valence-electron chi connectivity index (χ4n) is 1.55. The first-order valence-corrected chi connectivity index (χ1v) is 5.44. The number of rotatable bonds is 5. The first-order valence-electron chi connectivity index (χ1n) is 5.44. The van der Waals surface area contributed by atoms with Crippen molar-refractivity contribution in [2.45, 2.75) is 26.1 Å². The predicted molar refractivity (Wildman–Crippen MR) is 62.8 cm³/mol. The third-order valence-corrected chi connectivity index (χ3v) is 2.42. The van der Waals surface area contributed by atoms with Gasteiger partial charge in [0, 0.05) is 37.4 Å². The molecule has 0 spiro atoms. The Hall–Kier alpha value is -1.68. The largest absolute Gasteiger partial charge is 0.308 e. The lowest BCUT2D eigenvalue weighted by atomic mass is 10.2. The van der Waals surface area contributed by atoms with Crippen LogP contribution in [0.5, 0.6) is 0 Å². The molecule has 4 nitrogen and oxygen atoms in total. The van der Waals surface area contributed by atoms with Crippen molar-refractivity contribution in [3.63, 3.8) is 0 Å². The zero-order valence-electron chi connectivity index (χ0n) is 9.37. The molecule has 0 bridgehead atoms. The van der Waals surface area contributed by atoms with E-state index in [-0.39, 0.29) is 0 Å². The van der Waals surface area contributed by atoms with Gasteiger partial charge in [-0.3, -0.25) is 9.67 Å². The summed E-state index contributed by atoms with van der Waals surface area (Å²) in [6, 6.07) is 6.38. The molecule has 0 aliphatic heterocycles. The first-order chi connectivity index (χ1) is 7.84. The highest BCUT2D eigenvalue weighted by Crippen LogP contribution is 1.97. The average Bonchev–Trinajstić information content (AvgIpc) is 2.81. The van der Waals surface area contributed by atoms with Crippen LogP contribution in [0.1, 0.15) is 12.5 Å². The molecule has 2 heterocycles. The predicted octanol–water partition coefficient (Wildman–Crippen LogP) is 1.46. The molecule has 0 radical (unpaired) electrons. The molecule has 4 heteroatoms. The van der Waals surface area contributed by atoms with Gasteiger partial charge in [-0.05, 0) is 30.7 Å². The minimum absolute atomic E-state index is 0.396. The van der Waals surface area contributed by atoms with Crippen LogP contribution in [-0.2, 0) is 13.1 Å².